The van der Waals surface area contributed by atoms with Gasteiger partial charge in [0.15, 0.2) is 11.2 Å². The second kappa shape index (κ2) is 6.84. The van der Waals surface area contributed by atoms with Crippen molar-refractivity contribution in [2.45, 2.75) is 27.3 Å². The van der Waals surface area contributed by atoms with E-state index in [0.717, 1.165) is 28.4 Å². The van der Waals surface area contributed by atoms with E-state index in [4.69, 9.17) is 4.74 Å². The van der Waals surface area contributed by atoms with Crippen LogP contribution < -0.4 is 21.3 Å². The summed E-state index contributed by atoms with van der Waals surface area (Å²) in [6, 6.07) is 5.99. The van der Waals surface area contributed by atoms with Crippen molar-refractivity contribution in [2.24, 2.45) is 7.05 Å². The molecule has 0 saturated heterocycles. The van der Waals surface area contributed by atoms with Crippen molar-refractivity contribution in [3.8, 4) is 5.75 Å². The zero-order valence-corrected chi connectivity index (χ0v) is 17.2. The fraction of sp³-hybridized carbons (Fsp3) is 0.350. The van der Waals surface area contributed by atoms with Crippen LogP contribution in [0.15, 0.2) is 27.8 Å². The van der Waals surface area contributed by atoms with E-state index in [2.05, 4.69) is 19.9 Å². The van der Waals surface area contributed by atoms with Crippen LogP contribution in [-0.2, 0) is 13.6 Å². The molecule has 0 aliphatic carbocycles. The summed E-state index contributed by atoms with van der Waals surface area (Å²) in [6.07, 6.45) is 0. The highest BCUT2D eigenvalue weighted by Gasteiger charge is 2.20. The Hall–Kier alpha value is -3.49. The number of hydrogen-bond acceptors (Lipinski definition) is 5. The van der Waals surface area contributed by atoms with Gasteiger partial charge in [0.1, 0.15) is 5.75 Å². The summed E-state index contributed by atoms with van der Waals surface area (Å²) < 4.78 is 10.6. The fourth-order valence-electron chi connectivity index (χ4n) is 3.71. The van der Waals surface area contributed by atoms with Crippen LogP contribution in [0.1, 0.15) is 17.0 Å². The van der Waals surface area contributed by atoms with Gasteiger partial charge in [0.2, 0.25) is 5.78 Å². The summed E-state index contributed by atoms with van der Waals surface area (Å²) in [6.45, 7) is 7.25. The molecule has 9 nitrogen and oxygen atoms in total. The predicted molar refractivity (Wildman–Crippen MR) is 112 cm³/mol. The predicted octanol–water partition coefficient (Wildman–Crippen LogP) is 1.72. The van der Waals surface area contributed by atoms with Crippen molar-refractivity contribution >= 4 is 22.6 Å². The summed E-state index contributed by atoms with van der Waals surface area (Å²) in [5.41, 5.74) is 3.85. The summed E-state index contributed by atoms with van der Waals surface area (Å²) >= 11 is 0. The normalized spacial score (nSPS) is 11.5. The monoisotopic (exact) mass is 396 g/mol. The van der Waals surface area contributed by atoms with Crippen molar-refractivity contribution in [3.05, 3.63) is 56.0 Å². The Morgan fingerprint density at radius 1 is 1.17 bits per heavy atom. The number of rotatable bonds is 5. The number of nitrogens with one attached hydrogen (secondary N) is 2. The summed E-state index contributed by atoms with van der Waals surface area (Å²) in [5.74, 6) is 1.42. The molecule has 0 aliphatic rings. The van der Waals surface area contributed by atoms with Gasteiger partial charge in [-0.25, -0.2) is 4.79 Å². The molecule has 152 valence electrons. The molecule has 29 heavy (non-hydrogen) atoms. The number of hydrogen-bond donors (Lipinski definition) is 2. The maximum Gasteiger partial charge on any atom is 0.329 e. The molecule has 2 N–H and O–H groups in total. The molecule has 9 heteroatoms. The highest BCUT2D eigenvalue weighted by molar-refractivity contribution is 5.76. The first kappa shape index (κ1) is 18.9. The number of nitrogens with zero attached hydrogens (tertiary/aromatic N) is 4. The van der Waals surface area contributed by atoms with Crippen LogP contribution in [-0.4, -0.2) is 37.2 Å². The molecule has 4 aromatic rings. The molecule has 4 rings (SSSR count). The number of ether oxygens (including phenoxy) is 1. The Balaban J connectivity index is 1.74. The fourth-order valence-corrected chi connectivity index (χ4v) is 3.71. The molecule has 0 radical (unpaired) electrons. The zero-order chi connectivity index (χ0) is 20.9. The molecule has 0 fully saturated rings. The number of fused-ring (bicyclic) bond motifs is 3. The van der Waals surface area contributed by atoms with Gasteiger partial charge < -0.3 is 14.6 Å². The second-order valence-corrected chi connectivity index (χ2v) is 7.19. The quantitative estimate of drug-likeness (QED) is 0.535. The third-order valence-electron chi connectivity index (χ3n) is 5.41. The number of aryl methyl sites for hydroxylation is 3. The van der Waals surface area contributed by atoms with Crippen LogP contribution in [0, 0.1) is 20.8 Å². The smallest absolute Gasteiger partial charge is 0.329 e. The zero-order valence-electron chi connectivity index (χ0n) is 17.2. The first-order valence-corrected chi connectivity index (χ1v) is 9.39. The molecule has 0 spiro atoms. The van der Waals surface area contributed by atoms with E-state index < -0.39 is 11.2 Å². The van der Waals surface area contributed by atoms with E-state index in [1.54, 1.807) is 14.2 Å². The van der Waals surface area contributed by atoms with Crippen LogP contribution in [0.5, 0.6) is 5.75 Å². The maximum atomic E-state index is 12.4. The van der Waals surface area contributed by atoms with Gasteiger partial charge in [-0.05, 0) is 38.5 Å². The van der Waals surface area contributed by atoms with Gasteiger partial charge in [-0.3, -0.25) is 18.7 Å². The number of imidazole rings is 2. The lowest BCUT2D eigenvalue weighted by Crippen LogP contribution is -2.28. The average Bonchev–Trinajstić information content (AvgIpc) is 3.18. The van der Waals surface area contributed by atoms with E-state index in [1.807, 2.05) is 43.4 Å². The highest BCUT2D eigenvalue weighted by atomic mass is 16.5. The molecule has 0 atom stereocenters. The molecule has 1 aromatic carbocycles. The summed E-state index contributed by atoms with van der Waals surface area (Å²) in [5, 5.41) is 3.41. The lowest BCUT2D eigenvalue weighted by molar-refractivity contribution is 0.416. The van der Waals surface area contributed by atoms with E-state index in [0.29, 0.717) is 30.0 Å². The topological polar surface area (TPSA) is 98.4 Å². The lowest BCUT2D eigenvalue weighted by atomic mass is 10.2. The van der Waals surface area contributed by atoms with E-state index in [1.165, 1.54) is 4.57 Å². The average molecular weight is 396 g/mol. The van der Waals surface area contributed by atoms with Crippen molar-refractivity contribution in [1.29, 1.82) is 0 Å². The minimum absolute atomic E-state index is 0.374. The van der Waals surface area contributed by atoms with Gasteiger partial charge in [0.25, 0.3) is 5.56 Å². The number of methoxy groups -OCH3 is 1. The molecular weight excluding hydrogens is 372 g/mol. The molecular formula is C20H24N6O3. The van der Waals surface area contributed by atoms with Gasteiger partial charge >= 0.3 is 5.69 Å². The van der Waals surface area contributed by atoms with Gasteiger partial charge in [0, 0.05) is 31.5 Å². The number of H-pyrrole nitrogens is 1. The number of aromatic amines is 1. The standard InChI is InChI=1S/C20H24N6O3/c1-11-6-7-15(29-5)14(10-11)21-8-9-25-12(2)13(3)26-16-17(22-19(25)26)24(4)20(28)23-18(16)27/h6-7,10,21H,8-9H2,1-5H3,(H,23,27,28). The largest absolute Gasteiger partial charge is 0.495 e. The maximum absolute atomic E-state index is 12.4. The van der Waals surface area contributed by atoms with E-state index in [-0.39, 0.29) is 0 Å². The minimum Gasteiger partial charge on any atom is -0.495 e. The number of benzene rings is 1. The minimum atomic E-state index is -0.475. The molecule has 0 saturated carbocycles. The van der Waals surface area contributed by atoms with Crippen LogP contribution in [0.25, 0.3) is 16.9 Å². The first-order valence-electron chi connectivity index (χ1n) is 9.39. The summed E-state index contributed by atoms with van der Waals surface area (Å²) in [7, 11) is 3.25. The highest BCUT2D eigenvalue weighted by Crippen LogP contribution is 2.25. The molecule has 3 aromatic heterocycles. The van der Waals surface area contributed by atoms with Crippen molar-refractivity contribution < 1.29 is 4.74 Å². The Labute approximate surface area is 166 Å². The van der Waals surface area contributed by atoms with Crippen LogP contribution in [0.4, 0.5) is 5.69 Å². The molecule has 3 heterocycles. The van der Waals surface area contributed by atoms with E-state index >= 15 is 0 Å². The SMILES string of the molecule is COc1ccc(C)cc1NCCn1c(C)c(C)n2c3c(=O)[nH]c(=O)n(C)c3nc12. The Bertz CT molecular complexity index is 1360. The Morgan fingerprint density at radius 2 is 1.93 bits per heavy atom. The molecule has 0 bridgehead atoms. The molecule has 0 amide bonds. The number of aromatic nitrogens is 5. The van der Waals surface area contributed by atoms with Gasteiger partial charge in [-0.1, -0.05) is 6.07 Å². The lowest BCUT2D eigenvalue weighted by Gasteiger charge is -2.13. The Kier molecular flexibility index (Phi) is 4.45. The first-order chi connectivity index (χ1) is 13.8. The van der Waals surface area contributed by atoms with Gasteiger partial charge in [0.05, 0.1) is 12.8 Å². The molecule has 0 unspecified atom stereocenters. The van der Waals surface area contributed by atoms with Gasteiger partial charge in [-0.15, -0.1) is 0 Å². The second-order valence-electron chi connectivity index (χ2n) is 7.19. The van der Waals surface area contributed by atoms with Gasteiger partial charge in [-0.2, -0.15) is 4.98 Å². The molecule has 0 aliphatic heterocycles. The van der Waals surface area contributed by atoms with Crippen molar-refractivity contribution in [1.82, 2.24) is 23.5 Å². The number of anilines is 1. The van der Waals surface area contributed by atoms with Crippen LogP contribution >= 0.6 is 0 Å². The third-order valence-corrected chi connectivity index (χ3v) is 5.41. The van der Waals surface area contributed by atoms with Crippen molar-refractivity contribution in [2.75, 3.05) is 19.0 Å². The van der Waals surface area contributed by atoms with E-state index in [9.17, 15) is 9.59 Å². The Morgan fingerprint density at radius 3 is 2.66 bits per heavy atom. The van der Waals surface area contributed by atoms with Crippen LogP contribution in [0.2, 0.25) is 0 Å². The van der Waals surface area contributed by atoms with Crippen LogP contribution in [0.3, 0.4) is 0 Å². The van der Waals surface area contributed by atoms with Crippen molar-refractivity contribution in [3.63, 3.8) is 0 Å². The summed E-state index contributed by atoms with van der Waals surface area (Å²) in [4.78, 5) is 31.3. The third kappa shape index (κ3) is 2.89.